The summed E-state index contributed by atoms with van der Waals surface area (Å²) >= 11 is 0. The summed E-state index contributed by atoms with van der Waals surface area (Å²) < 4.78 is 0. The van der Waals surface area contributed by atoms with Crippen molar-refractivity contribution in [3.8, 4) is 0 Å². The highest BCUT2D eigenvalue weighted by molar-refractivity contribution is 5.78. The number of ketones is 1. The van der Waals surface area contributed by atoms with E-state index in [4.69, 9.17) is 0 Å². The second-order valence-electron chi connectivity index (χ2n) is 3.66. The van der Waals surface area contributed by atoms with Gasteiger partial charge < -0.3 is 5.11 Å². The first-order valence-electron chi connectivity index (χ1n) is 5.03. The maximum absolute atomic E-state index is 11.0. The number of hydrogen-bond donors (Lipinski definition) is 1. The molecule has 1 rings (SSSR count). The molecule has 0 heterocycles. The summed E-state index contributed by atoms with van der Waals surface area (Å²) in [7, 11) is 0. The standard InChI is InChI=1S/C13H16O2/c1-10(11(2)14)13(15)9-8-12-6-4-3-5-7-12/h3-10,13,15H,1-2H3/b9-8+/t10-,13-/m1/s1. The van der Waals surface area contributed by atoms with Gasteiger partial charge in [-0.2, -0.15) is 0 Å². The first kappa shape index (κ1) is 11.7. The van der Waals surface area contributed by atoms with Crippen molar-refractivity contribution in [3.05, 3.63) is 42.0 Å². The summed E-state index contributed by atoms with van der Waals surface area (Å²) in [6.45, 7) is 3.21. The molecule has 0 aromatic heterocycles. The number of carbonyl (C=O) groups is 1. The Morgan fingerprint density at radius 3 is 2.47 bits per heavy atom. The van der Waals surface area contributed by atoms with Crippen LogP contribution in [0.3, 0.4) is 0 Å². The molecule has 0 saturated carbocycles. The average Bonchev–Trinajstić information content (AvgIpc) is 2.26. The Kier molecular flexibility index (Phi) is 4.25. The smallest absolute Gasteiger partial charge is 0.135 e. The first-order valence-corrected chi connectivity index (χ1v) is 5.03. The van der Waals surface area contributed by atoms with Crippen molar-refractivity contribution in [3.63, 3.8) is 0 Å². The first-order chi connectivity index (χ1) is 7.11. The molecule has 80 valence electrons. The second kappa shape index (κ2) is 5.47. The number of aliphatic hydroxyl groups excluding tert-OH is 1. The molecule has 0 aliphatic carbocycles. The van der Waals surface area contributed by atoms with Gasteiger partial charge in [-0.3, -0.25) is 4.79 Å². The fourth-order valence-corrected chi connectivity index (χ4v) is 1.18. The Labute approximate surface area is 90.3 Å². The Hall–Kier alpha value is -1.41. The van der Waals surface area contributed by atoms with Crippen molar-refractivity contribution in [2.75, 3.05) is 0 Å². The summed E-state index contributed by atoms with van der Waals surface area (Å²) in [5, 5.41) is 9.64. The third-order valence-electron chi connectivity index (χ3n) is 2.44. The molecule has 1 aromatic carbocycles. The fraction of sp³-hybridized carbons (Fsp3) is 0.308. The van der Waals surface area contributed by atoms with Gasteiger partial charge in [0.15, 0.2) is 0 Å². The normalized spacial score (nSPS) is 15.1. The molecule has 1 N–H and O–H groups in total. The molecule has 2 heteroatoms. The molecule has 0 aliphatic rings. The molecule has 0 aliphatic heterocycles. The Morgan fingerprint density at radius 1 is 1.33 bits per heavy atom. The number of carbonyl (C=O) groups excluding carboxylic acids is 1. The van der Waals surface area contributed by atoms with Crippen LogP contribution in [0.4, 0.5) is 0 Å². The highest BCUT2D eigenvalue weighted by atomic mass is 16.3. The minimum Gasteiger partial charge on any atom is -0.388 e. The average molecular weight is 204 g/mol. The van der Waals surface area contributed by atoms with E-state index in [1.54, 1.807) is 13.0 Å². The van der Waals surface area contributed by atoms with Crippen LogP contribution in [0.5, 0.6) is 0 Å². The monoisotopic (exact) mass is 204 g/mol. The van der Waals surface area contributed by atoms with Crippen LogP contribution in [0.15, 0.2) is 36.4 Å². The molecular formula is C13H16O2. The zero-order chi connectivity index (χ0) is 11.3. The SMILES string of the molecule is CC(=O)[C@@H](C)[C@H](O)/C=C/c1ccccc1. The Balaban J connectivity index is 2.62. The lowest BCUT2D eigenvalue weighted by Gasteiger charge is -2.11. The van der Waals surface area contributed by atoms with Gasteiger partial charge in [-0.25, -0.2) is 0 Å². The summed E-state index contributed by atoms with van der Waals surface area (Å²) in [6.07, 6.45) is 2.77. The maximum Gasteiger partial charge on any atom is 0.135 e. The number of Topliss-reactive ketones (excluding diaryl/α,β-unsaturated/α-hetero) is 1. The number of rotatable bonds is 4. The van der Waals surface area contributed by atoms with Gasteiger partial charge in [-0.15, -0.1) is 0 Å². The van der Waals surface area contributed by atoms with E-state index in [0.717, 1.165) is 5.56 Å². The zero-order valence-electron chi connectivity index (χ0n) is 9.05. The maximum atomic E-state index is 11.0. The van der Waals surface area contributed by atoms with Crippen molar-refractivity contribution >= 4 is 11.9 Å². The van der Waals surface area contributed by atoms with E-state index < -0.39 is 6.10 Å². The minimum absolute atomic E-state index is 0.000196. The van der Waals surface area contributed by atoms with E-state index in [2.05, 4.69) is 0 Å². The van der Waals surface area contributed by atoms with Gasteiger partial charge in [0.1, 0.15) is 5.78 Å². The predicted octanol–water partition coefficient (Wildman–Crippen LogP) is 2.29. The summed E-state index contributed by atoms with van der Waals surface area (Å²) in [4.78, 5) is 11.0. The molecular weight excluding hydrogens is 188 g/mol. The van der Waals surface area contributed by atoms with Crippen molar-refractivity contribution < 1.29 is 9.90 Å². The predicted molar refractivity (Wildman–Crippen MR) is 61.3 cm³/mol. The molecule has 2 atom stereocenters. The summed E-state index contributed by atoms with van der Waals surface area (Å²) in [5.74, 6) is -0.342. The van der Waals surface area contributed by atoms with Gasteiger partial charge in [0, 0.05) is 5.92 Å². The van der Waals surface area contributed by atoms with Crippen LogP contribution >= 0.6 is 0 Å². The largest absolute Gasteiger partial charge is 0.388 e. The molecule has 0 amide bonds. The van der Waals surface area contributed by atoms with Crippen molar-refractivity contribution in [1.82, 2.24) is 0 Å². The molecule has 0 saturated heterocycles. The van der Waals surface area contributed by atoms with Crippen LogP contribution in [0.1, 0.15) is 19.4 Å². The van der Waals surface area contributed by atoms with Crippen LogP contribution < -0.4 is 0 Å². The van der Waals surface area contributed by atoms with Crippen molar-refractivity contribution in [1.29, 1.82) is 0 Å². The number of aliphatic hydroxyl groups is 1. The topological polar surface area (TPSA) is 37.3 Å². The lowest BCUT2D eigenvalue weighted by atomic mass is 10.00. The van der Waals surface area contributed by atoms with E-state index in [0.29, 0.717) is 0 Å². The molecule has 2 nitrogen and oxygen atoms in total. The number of benzene rings is 1. The van der Waals surface area contributed by atoms with Gasteiger partial charge in [-0.1, -0.05) is 49.4 Å². The molecule has 15 heavy (non-hydrogen) atoms. The van der Waals surface area contributed by atoms with E-state index in [9.17, 15) is 9.90 Å². The van der Waals surface area contributed by atoms with E-state index in [1.165, 1.54) is 6.92 Å². The van der Waals surface area contributed by atoms with E-state index >= 15 is 0 Å². The Morgan fingerprint density at radius 2 is 1.93 bits per heavy atom. The van der Waals surface area contributed by atoms with Gasteiger partial charge in [0.05, 0.1) is 6.10 Å². The fourth-order valence-electron chi connectivity index (χ4n) is 1.18. The third kappa shape index (κ3) is 3.68. The lowest BCUT2D eigenvalue weighted by molar-refractivity contribution is -0.122. The van der Waals surface area contributed by atoms with Gasteiger partial charge in [0.25, 0.3) is 0 Å². The highest BCUT2D eigenvalue weighted by Crippen LogP contribution is 2.08. The van der Waals surface area contributed by atoms with E-state index in [-0.39, 0.29) is 11.7 Å². The van der Waals surface area contributed by atoms with Crippen molar-refractivity contribution in [2.45, 2.75) is 20.0 Å². The van der Waals surface area contributed by atoms with Gasteiger partial charge in [-0.05, 0) is 12.5 Å². The van der Waals surface area contributed by atoms with Crippen LogP contribution in [0.25, 0.3) is 6.08 Å². The Bertz CT molecular complexity index is 341. The summed E-state index contributed by atoms with van der Waals surface area (Å²) in [5.41, 5.74) is 1.02. The van der Waals surface area contributed by atoms with Crippen LogP contribution in [-0.2, 0) is 4.79 Å². The molecule has 1 aromatic rings. The molecule has 0 radical (unpaired) electrons. The van der Waals surface area contributed by atoms with Crippen molar-refractivity contribution in [2.24, 2.45) is 5.92 Å². The van der Waals surface area contributed by atoms with Crippen LogP contribution in [-0.4, -0.2) is 17.0 Å². The minimum atomic E-state index is -0.706. The van der Waals surface area contributed by atoms with Gasteiger partial charge >= 0.3 is 0 Å². The lowest BCUT2D eigenvalue weighted by Crippen LogP contribution is -2.21. The number of hydrogen-bond acceptors (Lipinski definition) is 2. The molecule has 0 fully saturated rings. The molecule has 0 spiro atoms. The van der Waals surface area contributed by atoms with Crippen LogP contribution in [0, 0.1) is 5.92 Å². The molecule has 0 bridgehead atoms. The highest BCUT2D eigenvalue weighted by Gasteiger charge is 2.14. The van der Waals surface area contributed by atoms with Gasteiger partial charge in [0.2, 0.25) is 0 Å². The quantitative estimate of drug-likeness (QED) is 0.817. The second-order valence-corrected chi connectivity index (χ2v) is 3.66. The zero-order valence-corrected chi connectivity index (χ0v) is 9.05. The van der Waals surface area contributed by atoms with Crippen LogP contribution in [0.2, 0.25) is 0 Å². The summed E-state index contributed by atoms with van der Waals surface area (Å²) in [6, 6.07) is 9.69. The van der Waals surface area contributed by atoms with E-state index in [1.807, 2.05) is 36.4 Å². The molecule has 0 unspecified atom stereocenters. The third-order valence-corrected chi connectivity index (χ3v) is 2.44.